The van der Waals surface area contributed by atoms with Crippen molar-refractivity contribution in [3.63, 3.8) is 0 Å². The summed E-state index contributed by atoms with van der Waals surface area (Å²) in [5, 5.41) is 4.24. The van der Waals surface area contributed by atoms with Crippen LogP contribution in [0, 0.1) is 0 Å². The van der Waals surface area contributed by atoms with E-state index in [4.69, 9.17) is 4.42 Å². The summed E-state index contributed by atoms with van der Waals surface area (Å²) in [4.78, 5) is 17.9. The molecule has 0 N–H and O–H groups in total. The number of aromatic nitrogens is 3. The smallest absolute Gasteiger partial charge is 0.388 e. The molecule has 1 aliphatic rings. The molecule has 0 unspecified atom stereocenters. The van der Waals surface area contributed by atoms with Crippen LogP contribution in [0.2, 0.25) is 0 Å². The van der Waals surface area contributed by atoms with Gasteiger partial charge in [-0.3, -0.25) is 9.88 Å². The van der Waals surface area contributed by atoms with Gasteiger partial charge in [0.25, 0.3) is 0 Å². The van der Waals surface area contributed by atoms with Crippen LogP contribution in [-0.4, -0.2) is 32.8 Å². The van der Waals surface area contributed by atoms with Gasteiger partial charge >= 0.3 is 5.76 Å². The van der Waals surface area contributed by atoms with Crippen molar-refractivity contribution in [2.24, 2.45) is 0 Å². The molecule has 0 amide bonds. The molecule has 19 heavy (non-hydrogen) atoms. The largest absolute Gasteiger partial charge is 0.438 e. The van der Waals surface area contributed by atoms with Gasteiger partial charge in [-0.25, -0.2) is 4.79 Å². The summed E-state index contributed by atoms with van der Waals surface area (Å²) in [5.74, 6) is -0.0539. The number of hydrogen-bond acceptors (Lipinski definition) is 5. The van der Waals surface area contributed by atoms with E-state index in [0.717, 1.165) is 18.7 Å². The number of nitrogens with zero attached hydrogens (tertiary/aromatic N) is 4. The minimum atomic E-state index is -0.405. The zero-order valence-electron chi connectivity index (χ0n) is 10.7. The van der Waals surface area contributed by atoms with E-state index in [2.05, 4.69) is 15.0 Å². The van der Waals surface area contributed by atoms with Gasteiger partial charge in [-0.2, -0.15) is 4.68 Å². The number of rotatable bonds is 3. The Labute approximate surface area is 110 Å². The zero-order chi connectivity index (χ0) is 13.1. The highest BCUT2D eigenvalue weighted by Crippen LogP contribution is 2.14. The lowest BCUT2D eigenvalue weighted by molar-refractivity contribution is 0.168. The fourth-order valence-electron chi connectivity index (χ4n) is 2.30. The van der Waals surface area contributed by atoms with E-state index in [1.54, 1.807) is 24.5 Å². The van der Waals surface area contributed by atoms with Gasteiger partial charge in [0.1, 0.15) is 6.67 Å². The van der Waals surface area contributed by atoms with Crippen LogP contribution in [0.5, 0.6) is 0 Å². The first-order valence-corrected chi connectivity index (χ1v) is 6.53. The lowest BCUT2D eigenvalue weighted by atomic mass is 10.1. The van der Waals surface area contributed by atoms with Gasteiger partial charge in [0.05, 0.1) is 0 Å². The van der Waals surface area contributed by atoms with Crippen LogP contribution in [0.15, 0.2) is 33.7 Å². The van der Waals surface area contributed by atoms with Gasteiger partial charge in [0, 0.05) is 18.0 Å². The van der Waals surface area contributed by atoms with Crippen LogP contribution >= 0.6 is 0 Å². The molecule has 0 aromatic carbocycles. The topological polar surface area (TPSA) is 64.2 Å². The minimum absolute atomic E-state index is 0.351. The molecule has 0 radical (unpaired) electrons. The van der Waals surface area contributed by atoms with E-state index in [0.29, 0.717) is 12.6 Å². The van der Waals surface area contributed by atoms with Crippen molar-refractivity contribution in [1.82, 2.24) is 19.7 Å². The molecule has 0 saturated carbocycles. The van der Waals surface area contributed by atoms with Crippen molar-refractivity contribution >= 4 is 0 Å². The van der Waals surface area contributed by atoms with Crippen LogP contribution in [-0.2, 0) is 6.67 Å². The molecular formula is C13H16N4O2. The predicted molar refractivity (Wildman–Crippen MR) is 69.4 cm³/mol. The van der Waals surface area contributed by atoms with Crippen molar-refractivity contribution in [2.45, 2.75) is 25.9 Å². The summed E-state index contributed by atoms with van der Waals surface area (Å²) in [5.41, 5.74) is 0.768. The molecule has 3 rings (SSSR count). The average Bonchev–Trinajstić information content (AvgIpc) is 2.82. The first-order chi connectivity index (χ1) is 9.33. The molecule has 1 aliphatic heterocycles. The van der Waals surface area contributed by atoms with Gasteiger partial charge in [-0.1, -0.05) is 6.42 Å². The molecule has 0 aliphatic carbocycles. The Bertz CT molecular complexity index is 584. The first kappa shape index (κ1) is 12.1. The Morgan fingerprint density at radius 1 is 1.16 bits per heavy atom. The molecule has 0 spiro atoms. The van der Waals surface area contributed by atoms with Crippen LogP contribution in [0.3, 0.4) is 0 Å². The van der Waals surface area contributed by atoms with Crippen molar-refractivity contribution in [3.8, 4) is 11.5 Å². The van der Waals surface area contributed by atoms with Crippen molar-refractivity contribution in [3.05, 3.63) is 35.1 Å². The van der Waals surface area contributed by atoms with E-state index in [1.807, 2.05) is 0 Å². The second kappa shape index (κ2) is 5.36. The Morgan fingerprint density at radius 3 is 2.63 bits per heavy atom. The Kier molecular flexibility index (Phi) is 3.41. The van der Waals surface area contributed by atoms with Crippen molar-refractivity contribution < 1.29 is 4.42 Å². The van der Waals surface area contributed by atoms with Gasteiger partial charge in [0.15, 0.2) is 0 Å². The lowest BCUT2D eigenvalue weighted by Gasteiger charge is -2.25. The maximum atomic E-state index is 11.8. The fourth-order valence-corrected chi connectivity index (χ4v) is 2.30. The maximum Gasteiger partial charge on any atom is 0.438 e. The van der Waals surface area contributed by atoms with E-state index >= 15 is 0 Å². The maximum absolute atomic E-state index is 11.8. The molecule has 1 saturated heterocycles. The van der Waals surface area contributed by atoms with Crippen LogP contribution in [0.1, 0.15) is 19.3 Å². The van der Waals surface area contributed by atoms with Crippen molar-refractivity contribution in [1.29, 1.82) is 0 Å². The highest BCUT2D eigenvalue weighted by atomic mass is 16.4. The number of likely N-dealkylation sites (tertiary alicyclic amines) is 1. The molecule has 2 aromatic rings. The molecule has 1 fully saturated rings. The second-order valence-corrected chi connectivity index (χ2v) is 4.73. The number of hydrogen-bond donors (Lipinski definition) is 0. The van der Waals surface area contributed by atoms with Crippen LogP contribution < -0.4 is 5.76 Å². The third-order valence-electron chi connectivity index (χ3n) is 3.32. The minimum Gasteiger partial charge on any atom is -0.388 e. The highest BCUT2D eigenvalue weighted by Gasteiger charge is 2.15. The van der Waals surface area contributed by atoms with Gasteiger partial charge in [-0.15, -0.1) is 5.10 Å². The molecular weight excluding hydrogens is 244 g/mol. The average molecular weight is 260 g/mol. The summed E-state index contributed by atoms with van der Waals surface area (Å²) in [6.07, 6.45) is 6.94. The first-order valence-electron chi connectivity index (χ1n) is 6.53. The molecule has 100 valence electrons. The van der Waals surface area contributed by atoms with Gasteiger partial charge in [-0.05, 0) is 38.1 Å². The SMILES string of the molecule is O=c1oc(-c2ccncc2)nn1CN1CCCCC1. The van der Waals surface area contributed by atoms with Crippen LogP contribution in [0.25, 0.3) is 11.5 Å². The summed E-state index contributed by atoms with van der Waals surface area (Å²) in [7, 11) is 0. The second-order valence-electron chi connectivity index (χ2n) is 4.73. The van der Waals surface area contributed by atoms with E-state index in [1.165, 1.54) is 23.9 Å². The Hall–Kier alpha value is -1.95. The summed E-state index contributed by atoms with van der Waals surface area (Å²) in [6.45, 7) is 2.54. The normalized spacial score (nSPS) is 16.6. The zero-order valence-corrected chi connectivity index (χ0v) is 10.7. The summed E-state index contributed by atoms with van der Waals surface area (Å²) >= 11 is 0. The highest BCUT2D eigenvalue weighted by molar-refractivity contribution is 5.50. The summed E-state index contributed by atoms with van der Waals surface area (Å²) < 4.78 is 6.57. The Balaban J connectivity index is 1.79. The van der Waals surface area contributed by atoms with E-state index < -0.39 is 5.76 Å². The molecule has 6 heteroatoms. The number of pyridine rings is 1. The quantitative estimate of drug-likeness (QED) is 0.833. The standard InChI is InChI=1S/C13H16N4O2/c18-13-17(10-16-8-2-1-3-9-16)15-12(19-13)11-4-6-14-7-5-11/h4-7H,1-3,8-10H2. The predicted octanol–water partition coefficient (Wildman–Crippen LogP) is 1.34. The third kappa shape index (κ3) is 2.73. The molecule has 6 nitrogen and oxygen atoms in total. The van der Waals surface area contributed by atoms with Gasteiger partial charge in [0.2, 0.25) is 5.89 Å². The monoisotopic (exact) mass is 260 g/mol. The lowest BCUT2D eigenvalue weighted by Crippen LogP contribution is -2.35. The van der Waals surface area contributed by atoms with E-state index in [-0.39, 0.29) is 0 Å². The molecule has 3 heterocycles. The summed E-state index contributed by atoms with van der Waals surface area (Å²) in [6, 6.07) is 3.55. The van der Waals surface area contributed by atoms with Crippen molar-refractivity contribution in [2.75, 3.05) is 13.1 Å². The van der Waals surface area contributed by atoms with Crippen LogP contribution in [0.4, 0.5) is 0 Å². The van der Waals surface area contributed by atoms with Gasteiger partial charge < -0.3 is 4.42 Å². The third-order valence-corrected chi connectivity index (χ3v) is 3.32. The molecule has 0 bridgehead atoms. The molecule has 2 aromatic heterocycles. The number of piperidine rings is 1. The van der Waals surface area contributed by atoms with E-state index in [9.17, 15) is 4.79 Å². The molecule has 0 atom stereocenters. The Morgan fingerprint density at radius 2 is 1.89 bits per heavy atom. The fraction of sp³-hybridized carbons (Fsp3) is 0.462.